The number of hydrogen-bond acceptors (Lipinski definition) is 2. The van der Waals surface area contributed by atoms with Gasteiger partial charge in [0, 0.05) is 0 Å². The molecule has 1 fully saturated rings. The topological polar surface area (TPSA) is 49.4 Å². The molecule has 1 aliphatic heterocycles. The van der Waals surface area contributed by atoms with Crippen molar-refractivity contribution >= 4 is 17.5 Å². The van der Waals surface area contributed by atoms with E-state index in [1.165, 1.54) is 10.6 Å². The first-order valence-electron chi connectivity index (χ1n) is 5.71. The van der Waals surface area contributed by atoms with Crippen LogP contribution in [0.4, 0.5) is 5.69 Å². The molecule has 1 N–H and O–H groups in total. The predicted molar refractivity (Wildman–Crippen MR) is 65.2 cm³/mol. The third kappa shape index (κ3) is 1.79. The molecule has 90 valence electrons. The van der Waals surface area contributed by atoms with Crippen molar-refractivity contribution in [3.8, 4) is 0 Å². The van der Waals surface area contributed by atoms with Crippen molar-refractivity contribution in [3.05, 3.63) is 29.8 Å². The van der Waals surface area contributed by atoms with Crippen LogP contribution in [-0.4, -0.2) is 11.8 Å². The molecule has 1 aliphatic rings. The number of aryl methyl sites for hydroxylation is 1. The average Bonchev–Trinajstić information content (AvgIpc) is 2.53. The van der Waals surface area contributed by atoms with E-state index in [2.05, 4.69) is 12.3 Å². The number of anilines is 1. The van der Waals surface area contributed by atoms with Crippen LogP contribution in [0.3, 0.4) is 0 Å². The lowest BCUT2D eigenvalue weighted by Gasteiger charge is -2.16. The van der Waals surface area contributed by atoms with Gasteiger partial charge in [0.15, 0.2) is 0 Å². The molecule has 0 aromatic heterocycles. The summed E-state index contributed by atoms with van der Waals surface area (Å²) in [6.07, 6.45) is 0.950. The number of benzene rings is 1. The van der Waals surface area contributed by atoms with E-state index in [4.69, 9.17) is 0 Å². The molecule has 0 atom stereocenters. The van der Waals surface area contributed by atoms with Crippen LogP contribution >= 0.6 is 0 Å². The lowest BCUT2D eigenvalue weighted by atomic mass is 9.93. The van der Waals surface area contributed by atoms with Crippen LogP contribution in [0.1, 0.15) is 26.3 Å². The Morgan fingerprint density at radius 1 is 1.18 bits per heavy atom. The van der Waals surface area contributed by atoms with Gasteiger partial charge in [0.25, 0.3) is 11.8 Å². The van der Waals surface area contributed by atoms with E-state index in [1.807, 2.05) is 24.3 Å². The van der Waals surface area contributed by atoms with Gasteiger partial charge in [-0.15, -0.1) is 0 Å². The minimum absolute atomic E-state index is 0.216. The van der Waals surface area contributed by atoms with Crippen molar-refractivity contribution in [2.24, 2.45) is 5.41 Å². The summed E-state index contributed by atoms with van der Waals surface area (Å²) in [6.45, 7) is 5.33. The zero-order valence-corrected chi connectivity index (χ0v) is 10.3. The van der Waals surface area contributed by atoms with Crippen LogP contribution in [0.5, 0.6) is 0 Å². The molecule has 1 aromatic rings. The maximum Gasteiger partial charge on any atom is 0.260 e. The maximum atomic E-state index is 12.0. The minimum Gasteiger partial charge on any atom is -0.272 e. The summed E-state index contributed by atoms with van der Waals surface area (Å²) in [5, 5.41) is 1.32. The standard InChI is InChI=1S/C13H16N2O2/c1-4-9-5-7-10(8-6-9)15-12(17)13(2,3)11(16)14-15/h5-8H,4H2,1-3H3,(H,14,16). The maximum absolute atomic E-state index is 12.0. The van der Waals surface area contributed by atoms with Gasteiger partial charge in [0.05, 0.1) is 5.69 Å². The number of carbonyl (C=O) groups is 2. The summed E-state index contributed by atoms with van der Waals surface area (Å²) in [4.78, 5) is 23.7. The highest BCUT2D eigenvalue weighted by Crippen LogP contribution is 2.28. The number of rotatable bonds is 2. The molecule has 0 unspecified atom stereocenters. The highest BCUT2D eigenvalue weighted by Gasteiger charge is 2.47. The Morgan fingerprint density at radius 3 is 2.18 bits per heavy atom. The van der Waals surface area contributed by atoms with E-state index in [1.54, 1.807) is 13.8 Å². The van der Waals surface area contributed by atoms with E-state index in [9.17, 15) is 9.59 Å². The first kappa shape index (κ1) is 11.6. The fourth-order valence-electron chi connectivity index (χ4n) is 1.73. The normalized spacial score (nSPS) is 18.4. The van der Waals surface area contributed by atoms with Crippen molar-refractivity contribution in [2.45, 2.75) is 27.2 Å². The van der Waals surface area contributed by atoms with Crippen molar-refractivity contribution < 1.29 is 9.59 Å². The predicted octanol–water partition coefficient (Wildman–Crippen LogP) is 1.65. The molecule has 4 heteroatoms. The second-order valence-corrected chi connectivity index (χ2v) is 4.73. The molecule has 17 heavy (non-hydrogen) atoms. The Morgan fingerprint density at radius 2 is 1.76 bits per heavy atom. The van der Waals surface area contributed by atoms with E-state index >= 15 is 0 Å². The minimum atomic E-state index is -0.983. The number of amides is 2. The number of nitrogens with zero attached hydrogens (tertiary/aromatic N) is 1. The van der Waals surface area contributed by atoms with Crippen LogP contribution in [-0.2, 0) is 16.0 Å². The summed E-state index contributed by atoms with van der Waals surface area (Å²) >= 11 is 0. The van der Waals surface area contributed by atoms with Crippen molar-refractivity contribution in [3.63, 3.8) is 0 Å². The Hall–Kier alpha value is -1.84. The number of hydrazine groups is 1. The van der Waals surface area contributed by atoms with Gasteiger partial charge in [-0.25, -0.2) is 5.01 Å². The quantitative estimate of drug-likeness (QED) is 0.788. The molecule has 1 aromatic carbocycles. The number of hydrogen-bond donors (Lipinski definition) is 1. The molecule has 2 amide bonds. The van der Waals surface area contributed by atoms with Gasteiger partial charge in [-0.05, 0) is 38.0 Å². The van der Waals surface area contributed by atoms with Gasteiger partial charge >= 0.3 is 0 Å². The number of carbonyl (C=O) groups excluding carboxylic acids is 2. The third-order valence-electron chi connectivity index (χ3n) is 3.12. The highest BCUT2D eigenvalue weighted by atomic mass is 16.2. The summed E-state index contributed by atoms with van der Waals surface area (Å²) in [6, 6.07) is 7.61. The largest absolute Gasteiger partial charge is 0.272 e. The van der Waals surface area contributed by atoms with E-state index in [0.29, 0.717) is 5.69 Å². The molecule has 1 heterocycles. The first-order chi connectivity index (χ1) is 7.96. The molecule has 4 nitrogen and oxygen atoms in total. The van der Waals surface area contributed by atoms with Crippen molar-refractivity contribution in [2.75, 3.05) is 5.01 Å². The van der Waals surface area contributed by atoms with Gasteiger partial charge in [-0.3, -0.25) is 15.0 Å². The van der Waals surface area contributed by atoms with Gasteiger partial charge in [-0.1, -0.05) is 19.1 Å². The van der Waals surface area contributed by atoms with E-state index in [-0.39, 0.29) is 11.8 Å². The van der Waals surface area contributed by atoms with Crippen LogP contribution in [0.15, 0.2) is 24.3 Å². The zero-order valence-electron chi connectivity index (χ0n) is 10.3. The molecule has 0 aliphatic carbocycles. The second-order valence-electron chi connectivity index (χ2n) is 4.73. The van der Waals surface area contributed by atoms with Crippen LogP contribution < -0.4 is 10.4 Å². The van der Waals surface area contributed by atoms with Gasteiger partial charge in [-0.2, -0.15) is 0 Å². The monoisotopic (exact) mass is 232 g/mol. The number of nitrogens with one attached hydrogen (secondary N) is 1. The molecule has 0 spiro atoms. The summed E-state index contributed by atoms with van der Waals surface area (Å²) in [7, 11) is 0. The van der Waals surface area contributed by atoms with Gasteiger partial charge < -0.3 is 0 Å². The summed E-state index contributed by atoms with van der Waals surface area (Å²) < 4.78 is 0. The van der Waals surface area contributed by atoms with E-state index in [0.717, 1.165) is 6.42 Å². The Labute approximate surface area is 101 Å². The summed E-state index contributed by atoms with van der Waals surface area (Å²) in [5.74, 6) is -0.478. The molecule has 0 bridgehead atoms. The van der Waals surface area contributed by atoms with Crippen LogP contribution in [0.25, 0.3) is 0 Å². The fraction of sp³-hybridized carbons (Fsp3) is 0.385. The Balaban J connectivity index is 2.30. The first-order valence-corrected chi connectivity index (χ1v) is 5.71. The van der Waals surface area contributed by atoms with Crippen molar-refractivity contribution in [1.82, 2.24) is 5.43 Å². The van der Waals surface area contributed by atoms with Crippen molar-refractivity contribution in [1.29, 1.82) is 0 Å². The average molecular weight is 232 g/mol. The molecule has 1 saturated heterocycles. The van der Waals surface area contributed by atoms with Gasteiger partial charge in [0.1, 0.15) is 5.41 Å². The Kier molecular flexibility index (Phi) is 2.65. The highest BCUT2D eigenvalue weighted by molar-refractivity contribution is 6.17. The molecule has 2 rings (SSSR count). The molecule has 0 radical (unpaired) electrons. The smallest absolute Gasteiger partial charge is 0.260 e. The SMILES string of the molecule is CCc1ccc(N2NC(=O)C(C)(C)C2=O)cc1. The second kappa shape index (κ2) is 3.87. The Bertz CT molecular complexity index is 463. The lowest BCUT2D eigenvalue weighted by Crippen LogP contribution is -2.36. The molecule has 0 saturated carbocycles. The molecular formula is C13H16N2O2. The lowest BCUT2D eigenvalue weighted by molar-refractivity contribution is -0.133. The fourth-order valence-corrected chi connectivity index (χ4v) is 1.73. The molecular weight excluding hydrogens is 216 g/mol. The summed E-state index contributed by atoms with van der Waals surface area (Å²) in [5.41, 5.74) is 3.51. The third-order valence-corrected chi connectivity index (χ3v) is 3.12. The van der Waals surface area contributed by atoms with Gasteiger partial charge in [0.2, 0.25) is 0 Å². The van der Waals surface area contributed by atoms with E-state index < -0.39 is 5.41 Å². The van der Waals surface area contributed by atoms with Crippen LogP contribution in [0.2, 0.25) is 0 Å². The zero-order chi connectivity index (χ0) is 12.6. The van der Waals surface area contributed by atoms with Crippen LogP contribution in [0, 0.1) is 5.41 Å².